The quantitative estimate of drug-likeness (QED) is 0.157. The Labute approximate surface area is 319 Å². The van der Waals surface area contributed by atoms with E-state index < -0.39 is 5.41 Å². The highest BCUT2D eigenvalue weighted by molar-refractivity contribution is 5.90. The summed E-state index contributed by atoms with van der Waals surface area (Å²) in [4.78, 5) is 2.38. The molecule has 7 aromatic rings. The molecule has 0 spiro atoms. The number of anilines is 3. The fraction of sp³-hybridized carbons (Fsp3) is 0.0943. The molecule has 0 fully saturated rings. The third-order valence-electron chi connectivity index (χ3n) is 10.9. The minimum Gasteiger partial charge on any atom is -0.310 e. The zero-order valence-electron chi connectivity index (χ0n) is 30.7. The van der Waals surface area contributed by atoms with Crippen LogP contribution in [-0.2, 0) is 5.41 Å². The van der Waals surface area contributed by atoms with Crippen LogP contribution in [0.25, 0.3) is 33.4 Å². The molecule has 0 saturated carbocycles. The summed E-state index contributed by atoms with van der Waals surface area (Å²) in [5.74, 6) is 7.81. The van der Waals surface area contributed by atoms with Gasteiger partial charge in [-0.25, -0.2) is 0 Å². The van der Waals surface area contributed by atoms with Gasteiger partial charge in [0.05, 0.1) is 0 Å². The Hall–Kier alpha value is -6.62. The summed E-state index contributed by atoms with van der Waals surface area (Å²) in [5, 5.41) is 0. The summed E-state index contributed by atoms with van der Waals surface area (Å²) in [5.41, 5.74) is 16.2. The molecule has 2 atom stereocenters. The van der Waals surface area contributed by atoms with E-state index >= 15 is 0 Å². The first kappa shape index (κ1) is 33.2. The van der Waals surface area contributed by atoms with Crippen LogP contribution in [0.4, 0.5) is 17.1 Å². The second kappa shape index (κ2) is 14.1. The Morgan fingerprint density at radius 2 is 1.02 bits per heavy atom. The van der Waals surface area contributed by atoms with Crippen molar-refractivity contribution in [2.75, 3.05) is 4.90 Å². The van der Waals surface area contributed by atoms with Gasteiger partial charge in [0, 0.05) is 23.0 Å². The lowest BCUT2D eigenvalue weighted by molar-refractivity contribution is 0.813. The Kier molecular flexibility index (Phi) is 8.66. The number of rotatable bonds is 6. The molecular weight excluding hydrogens is 651 g/mol. The minimum absolute atomic E-state index is 0.187. The highest BCUT2D eigenvalue weighted by atomic mass is 15.1. The Morgan fingerprint density at radius 1 is 0.500 bits per heavy atom. The second-order valence-electron chi connectivity index (χ2n) is 14.5. The summed E-state index contributed by atoms with van der Waals surface area (Å²) in [6.07, 6.45) is 9.61. The van der Waals surface area contributed by atoms with Crippen molar-refractivity contribution in [2.24, 2.45) is 5.92 Å². The van der Waals surface area contributed by atoms with E-state index in [0.29, 0.717) is 0 Å². The van der Waals surface area contributed by atoms with Crippen molar-refractivity contribution in [3.63, 3.8) is 0 Å². The van der Waals surface area contributed by atoms with Crippen LogP contribution in [-0.4, -0.2) is 0 Å². The molecule has 2 aliphatic carbocycles. The zero-order valence-corrected chi connectivity index (χ0v) is 30.7. The highest BCUT2D eigenvalue weighted by Crippen LogP contribution is 2.54. The molecule has 2 unspecified atom stereocenters. The van der Waals surface area contributed by atoms with E-state index in [2.05, 4.69) is 225 Å². The fourth-order valence-electron chi connectivity index (χ4n) is 8.05. The number of benzene rings is 7. The fourth-order valence-corrected chi connectivity index (χ4v) is 8.05. The number of hydrogen-bond acceptors (Lipinski definition) is 1. The van der Waals surface area contributed by atoms with Gasteiger partial charge in [0.1, 0.15) is 5.41 Å². The predicted octanol–water partition coefficient (Wildman–Crippen LogP) is 13.6. The molecule has 1 nitrogen and oxygen atoms in total. The van der Waals surface area contributed by atoms with E-state index in [4.69, 9.17) is 0 Å². The minimum atomic E-state index is -0.586. The SMILES string of the molecule is Cc1ccc(-c2ccc(N(c3ccc(-c4ccc(C)cc4)cc3)c3ccc4c(c3)-c3ccccc3C4(C#CC3C=CC=CC3)c3ccccc3)cc2)cc1. The van der Waals surface area contributed by atoms with Crippen molar-refractivity contribution in [3.8, 4) is 45.2 Å². The van der Waals surface area contributed by atoms with E-state index in [1.165, 1.54) is 61.2 Å². The van der Waals surface area contributed by atoms with Crippen molar-refractivity contribution in [1.29, 1.82) is 0 Å². The molecule has 7 aromatic carbocycles. The van der Waals surface area contributed by atoms with Crippen LogP contribution < -0.4 is 4.90 Å². The van der Waals surface area contributed by atoms with Gasteiger partial charge in [-0.2, -0.15) is 0 Å². The largest absolute Gasteiger partial charge is 0.310 e. The molecule has 54 heavy (non-hydrogen) atoms. The number of aryl methyl sites for hydroxylation is 2. The first-order valence-corrected chi connectivity index (χ1v) is 18.9. The van der Waals surface area contributed by atoms with Gasteiger partial charge in [0.15, 0.2) is 0 Å². The van der Waals surface area contributed by atoms with Gasteiger partial charge in [0.2, 0.25) is 0 Å². The summed E-state index contributed by atoms with van der Waals surface area (Å²) in [7, 11) is 0. The van der Waals surface area contributed by atoms with E-state index in [-0.39, 0.29) is 5.92 Å². The van der Waals surface area contributed by atoms with E-state index in [0.717, 1.165) is 23.5 Å². The molecular formula is C53H41N. The van der Waals surface area contributed by atoms with Crippen molar-refractivity contribution in [1.82, 2.24) is 0 Å². The van der Waals surface area contributed by atoms with Crippen LogP contribution >= 0.6 is 0 Å². The standard InChI is InChI=1S/C53H41N/c1-38-17-21-41(22-18-38)43-25-29-46(30-26-43)54(47-31-27-44(28-32-47)42-23-19-39(2)20-24-42)48-33-34-52-50(37-48)49-15-9-10-16-51(49)53(52,45-13-7-4-8-14-45)36-35-40-11-5-3-6-12-40/h3-11,13-34,37,40H,12H2,1-2H3. The molecule has 0 bridgehead atoms. The average molecular weight is 692 g/mol. The first-order chi connectivity index (χ1) is 26.6. The van der Waals surface area contributed by atoms with E-state index in [1.54, 1.807) is 0 Å². The van der Waals surface area contributed by atoms with E-state index in [9.17, 15) is 0 Å². The van der Waals surface area contributed by atoms with Gasteiger partial charge in [-0.3, -0.25) is 0 Å². The maximum atomic E-state index is 3.91. The zero-order chi connectivity index (χ0) is 36.5. The molecule has 9 rings (SSSR count). The van der Waals surface area contributed by atoms with Gasteiger partial charge in [-0.05, 0) is 107 Å². The summed E-state index contributed by atoms with van der Waals surface area (Å²) >= 11 is 0. The monoisotopic (exact) mass is 691 g/mol. The van der Waals surface area contributed by atoms with Crippen LogP contribution in [0, 0.1) is 31.6 Å². The molecule has 0 aromatic heterocycles. The normalized spacial score (nSPS) is 16.6. The maximum absolute atomic E-state index is 3.91. The molecule has 0 aliphatic heterocycles. The lowest BCUT2D eigenvalue weighted by atomic mass is 9.72. The first-order valence-electron chi connectivity index (χ1n) is 18.9. The maximum Gasteiger partial charge on any atom is 0.107 e. The average Bonchev–Trinajstić information content (AvgIpc) is 3.52. The second-order valence-corrected chi connectivity index (χ2v) is 14.5. The third kappa shape index (κ3) is 6.07. The number of hydrogen-bond donors (Lipinski definition) is 0. The van der Waals surface area contributed by atoms with Crippen LogP contribution in [0.2, 0.25) is 0 Å². The van der Waals surface area contributed by atoms with Crippen LogP contribution in [0.5, 0.6) is 0 Å². The number of allylic oxidation sites excluding steroid dienone is 4. The smallest absolute Gasteiger partial charge is 0.107 e. The molecule has 0 saturated heterocycles. The molecule has 2 aliphatic rings. The van der Waals surface area contributed by atoms with Gasteiger partial charge in [-0.15, -0.1) is 0 Å². The number of nitrogens with zero attached hydrogens (tertiary/aromatic N) is 1. The molecule has 0 N–H and O–H groups in total. The Morgan fingerprint density at radius 3 is 1.59 bits per heavy atom. The van der Waals surface area contributed by atoms with Gasteiger partial charge >= 0.3 is 0 Å². The highest BCUT2D eigenvalue weighted by Gasteiger charge is 2.44. The predicted molar refractivity (Wildman–Crippen MR) is 227 cm³/mol. The molecule has 1 heteroatoms. The Balaban J connectivity index is 1.20. The summed E-state index contributed by atoms with van der Waals surface area (Å²) < 4.78 is 0. The lowest BCUT2D eigenvalue weighted by Gasteiger charge is -2.29. The summed E-state index contributed by atoms with van der Waals surface area (Å²) in [6, 6.07) is 62.2. The van der Waals surface area contributed by atoms with Crippen molar-refractivity contribution < 1.29 is 0 Å². The molecule has 0 heterocycles. The van der Waals surface area contributed by atoms with Gasteiger partial charge in [-0.1, -0.05) is 181 Å². The van der Waals surface area contributed by atoms with E-state index in [1.807, 2.05) is 0 Å². The third-order valence-corrected chi connectivity index (χ3v) is 10.9. The topological polar surface area (TPSA) is 3.24 Å². The van der Waals surface area contributed by atoms with Crippen molar-refractivity contribution in [3.05, 3.63) is 222 Å². The van der Waals surface area contributed by atoms with Crippen LogP contribution in [0.15, 0.2) is 194 Å². The van der Waals surface area contributed by atoms with Crippen LogP contribution in [0.1, 0.15) is 34.2 Å². The van der Waals surface area contributed by atoms with Crippen molar-refractivity contribution >= 4 is 17.1 Å². The summed E-state index contributed by atoms with van der Waals surface area (Å²) in [6.45, 7) is 4.26. The lowest BCUT2D eigenvalue weighted by Crippen LogP contribution is -2.25. The number of fused-ring (bicyclic) bond motifs is 3. The Bertz CT molecular complexity index is 2470. The molecule has 0 radical (unpaired) electrons. The van der Waals surface area contributed by atoms with Gasteiger partial charge < -0.3 is 4.90 Å². The molecule has 0 amide bonds. The van der Waals surface area contributed by atoms with Gasteiger partial charge in [0.25, 0.3) is 0 Å². The van der Waals surface area contributed by atoms with Crippen LogP contribution in [0.3, 0.4) is 0 Å². The van der Waals surface area contributed by atoms with Crippen molar-refractivity contribution in [2.45, 2.75) is 25.7 Å². The molecule has 258 valence electrons.